The van der Waals surface area contributed by atoms with Gasteiger partial charge in [-0.15, -0.1) is 0 Å². The van der Waals surface area contributed by atoms with E-state index < -0.39 is 0 Å². The zero-order chi connectivity index (χ0) is 6.69. The third kappa shape index (κ3) is 3.00. The number of aromatic amines is 1. The number of hydrogen-bond acceptors (Lipinski definition) is 3. The number of hydrogen-bond donors (Lipinski definition) is 1. The maximum atomic E-state index is 10.2. The molecule has 0 aliphatic heterocycles. The Morgan fingerprint density at radius 2 is 2.50 bits per heavy atom. The summed E-state index contributed by atoms with van der Waals surface area (Å²) in [6.45, 7) is 1.33. The van der Waals surface area contributed by atoms with Crippen LogP contribution in [0.1, 0.15) is 6.92 Å². The number of nitrogens with one attached hydrogen (secondary N) is 1. The van der Waals surface area contributed by atoms with E-state index in [1.165, 1.54) is 19.4 Å². The van der Waals surface area contributed by atoms with Crippen LogP contribution in [0.2, 0.25) is 0 Å². The van der Waals surface area contributed by atoms with Crippen molar-refractivity contribution in [3.05, 3.63) is 12.5 Å². The van der Waals surface area contributed by atoms with Crippen molar-refractivity contribution >= 4 is 35.5 Å². The molecule has 0 aliphatic rings. The number of aromatic nitrogens is 2. The van der Waals surface area contributed by atoms with Gasteiger partial charge < -0.3 is 9.72 Å². The molecule has 0 saturated heterocycles. The van der Waals surface area contributed by atoms with Gasteiger partial charge in [0, 0.05) is 6.92 Å². The van der Waals surface area contributed by atoms with Crippen LogP contribution in [0.25, 0.3) is 0 Å². The SMILES string of the molecule is CC(=O)Oc1c[nH]cn1.[NaH]. The number of nitrogens with zero attached hydrogens (tertiary/aromatic N) is 1. The number of carbonyl (C=O) groups is 1. The fourth-order valence-electron chi connectivity index (χ4n) is 0.450. The molecule has 0 saturated carbocycles. The Morgan fingerprint density at radius 1 is 1.80 bits per heavy atom. The quantitative estimate of drug-likeness (QED) is 0.441. The summed E-state index contributed by atoms with van der Waals surface area (Å²) in [5.41, 5.74) is 0. The van der Waals surface area contributed by atoms with Crippen molar-refractivity contribution in [1.29, 1.82) is 0 Å². The number of rotatable bonds is 1. The van der Waals surface area contributed by atoms with Gasteiger partial charge in [-0.05, 0) is 0 Å². The van der Waals surface area contributed by atoms with E-state index in [2.05, 4.69) is 14.7 Å². The first-order chi connectivity index (χ1) is 4.29. The second kappa shape index (κ2) is 4.49. The summed E-state index contributed by atoms with van der Waals surface area (Å²) >= 11 is 0. The zero-order valence-corrected chi connectivity index (χ0v) is 4.92. The van der Waals surface area contributed by atoms with Crippen LogP contribution >= 0.6 is 0 Å². The van der Waals surface area contributed by atoms with E-state index in [4.69, 9.17) is 0 Å². The summed E-state index contributed by atoms with van der Waals surface area (Å²) in [4.78, 5) is 16.5. The Bertz CT molecular complexity index is 197. The van der Waals surface area contributed by atoms with Crippen LogP contribution in [0.5, 0.6) is 5.88 Å². The Hall–Kier alpha value is -0.320. The van der Waals surface area contributed by atoms with E-state index in [-0.39, 0.29) is 35.5 Å². The molecule has 5 heteroatoms. The molecule has 1 heterocycles. The van der Waals surface area contributed by atoms with Crippen LogP contribution in [-0.2, 0) is 4.79 Å². The first-order valence-corrected chi connectivity index (χ1v) is 2.46. The van der Waals surface area contributed by atoms with Crippen molar-refractivity contribution in [3.8, 4) is 5.88 Å². The Labute approximate surface area is 80.3 Å². The molecule has 1 aromatic heterocycles. The zero-order valence-electron chi connectivity index (χ0n) is 4.92. The van der Waals surface area contributed by atoms with Crippen molar-refractivity contribution in [2.75, 3.05) is 0 Å². The minimum absolute atomic E-state index is 0. The van der Waals surface area contributed by atoms with E-state index in [1.54, 1.807) is 0 Å². The summed E-state index contributed by atoms with van der Waals surface area (Å²) in [7, 11) is 0. The molecule has 0 unspecified atom stereocenters. The van der Waals surface area contributed by atoms with E-state index in [1.807, 2.05) is 0 Å². The average molecular weight is 150 g/mol. The van der Waals surface area contributed by atoms with Crippen molar-refractivity contribution in [3.63, 3.8) is 0 Å². The Kier molecular flexibility index (Phi) is 4.34. The first kappa shape index (κ1) is 9.68. The normalized spacial score (nSPS) is 8.10. The molecule has 50 valence electrons. The van der Waals surface area contributed by atoms with Crippen molar-refractivity contribution < 1.29 is 9.53 Å². The molecule has 0 bridgehead atoms. The monoisotopic (exact) mass is 150 g/mol. The van der Waals surface area contributed by atoms with Gasteiger partial charge >= 0.3 is 35.5 Å². The molecule has 1 N–H and O–H groups in total. The summed E-state index contributed by atoms with van der Waals surface area (Å²) < 4.78 is 4.57. The molecule has 1 aromatic rings. The number of imidazole rings is 1. The van der Waals surface area contributed by atoms with Gasteiger partial charge in [-0.25, -0.2) is 4.98 Å². The van der Waals surface area contributed by atoms with Crippen LogP contribution in [-0.4, -0.2) is 45.5 Å². The van der Waals surface area contributed by atoms with Crippen molar-refractivity contribution in [2.24, 2.45) is 0 Å². The van der Waals surface area contributed by atoms with E-state index in [0.717, 1.165) is 0 Å². The minimum atomic E-state index is -0.359. The summed E-state index contributed by atoms with van der Waals surface area (Å²) in [5.74, 6) is -0.0513. The topological polar surface area (TPSA) is 55.0 Å². The molecule has 10 heavy (non-hydrogen) atoms. The predicted octanol–water partition coefficient (Wildman–Crippen LogP) is -0.314. The molecule has 4 nitrogen and oxygen atoms in total. The van der Waals surface area contributed by atoms with Gasteiger partial charge in [-0.2, -0.15) is 0 Å². The summed E-state index contributed by atoms with van der Waals surface area (Å²) in [6, 6.07) is 0. The molecule has 0 spiro atoms. The molecule has 1 rings (SSSR count). The summed E-state index contributed by atoms with van der Waals surface area (Å²) in [6.07, 6.45) is 2.94. The van der Waals surface area contributed by atoms with Crippen LogP contribution in [0, 0.1) is 0 Å². The fraction of sp³-hybridized carbons (Fsp3) is 0.200. The van der Waals surface area contributed by atoms with E-state index in [9.17, 15) is 4.79 Å². The number of H-pyrrole nitrogens is 1. The molecule has 0 amide bonds. The molecular weight excluding hydrogens is 143 g/mol. The van der Waals surface area contributed by atoms with Gasteiger partial charge in [0.25, 0.3) is 0 Å². The van der Waals surface area contributed by atoms with Gasteiger partial charge in [0.15, 0.2) is 0 Å². The predicted molar refractivity (Wildman–Crippen MR) is 37.0 cm³/mol. The third-order valence-corrected chi connectivity index (χ3v) is 0.721. The molecule has 0 aromatic carbocycles. The maximum absolute atomic E-state index is 10.2. The average Bonchev–Trinajstić information content (AvgIpc) is 2.15. The molecule has 0 fully saturated rings. The van der Waals surface area contributed by atoms with Crippen LogP contribution < -0.4 is 4.74 Å². The van der Waals surface area contributed by atoms with Gasteiger partial charge in [0.05, 0.1) is 12.5 Å². The van der Waals surface area contributed by atoms with Gasteiger partial charge in [-0.3, -0.25) is 4.79 Å². The molecule has 0 radical (unpaired) electrons. The van der Waals surface area contributed by atoms with Gasteiger partial charge in [0.2, 0.25) is 5.88 Å². The van der Waals surface area contributed by atoms with Crippen LogP contribution in [0.15, 0.2) is 12.5 Å². The number of carbonyl (C=O) groups excluding carboxylic acids is 1. The number of esters is 1. The van der Waals surface area contributed by atoms with Crippen LogP contribution in [0.3, 0.4) is 0 Å². The first-order valence-electron chi connectivity index (χ1n) is 2.46. The van der Waals surface area contributed by atoms with Crippen LogP contribution in [0.4, 0.5) is 0 Å². The van der Waals surface area contributed by atoms with Crippen molar-refractivity contribution in [1.82, 2.24) is 9.97 Å². The van der Waals surface area contributed by atoms with Crippen molar-refractivity contribution in [2.45, 2.75) is 6.92 Å². The standard InChI is InChI=1S/C5H6N2O2.Na.H/c1-4(8)9-5-2-6-3-7-5;;/h2-3H,1H3,(H,6,7);;. The molecule has 0 aliphatic carbocycles. The third-order valence-electron chi connectivity index (χ3n) is 0.721. The Balaban J connectivity index is 0.000000810. The van der Waals surface area contributed by atoms with Gasteiger partial charge in [0.1, 0.15) is 0 Å². The van der Waals surface area contributed by atoms with Gasteiger partial charge in [-0.1, -0.05) is 0 Å². The molecule has 0 atom stereocenters. The Morgan fingerprint density at radius 3 is 2.90 bits per heavy atom. The summed E-state index contributed by atoms with van der Waals surface area (Å²) in [5, 5.41) is 0. The van der Waals surface area contributed by atoms with E-state index in [0.29, 0.717) is 5.88 Å². The second-order valence-corrected chi connectivity index (χ2v) is 1.50. The number of ether oxygens (including phenoxy) is 1. The van der Waals surface area contributed by atoms with E-state index >= 15 is 0 Å². The second-order valence-electron chi connectivity index (χ2n) is 1.50. The molecular formula is C5H7N2NaO2. The fourth-order valence-corrected chi connectivity index (χ4v) is 0.450.